The van der Waals surface area contributed by atoms with Gasteiger partial charge in [0.2, 0.25) is 0 Å². The largest absolute Gasteiger partial charge is 0.508 e. The molecule has 7 nitrogen and oxygen atoms in total. The van der Waals surface area contributed by atoms with E-state index in [0.29, 0.717) is 5.69 Å². The molecule has 0 atom stereocenters. The van der Waals surface area contributed by atoms with Gasteiger partial charge >= 0.3 is 0 Å². The molecule has 7 heteroatoms. The van der Waals surface area contributed by atoms with Crippen molar-refractivity contribution >= 4 is 11.6 Å². The Labute approximate surface area is 120 Å². The van der Waals surface area contributed by atoms with Crippen LogP contribution >= 0.6 is 0 Å². The summed E-state index contributed by atoms with van der Waals surface area (Å²) in [5.41, 5.74) is 1.04. The smallest absolute Gasteiger partial charge is 0.282 e. The summed E-state index contributed by atoms with van der Waals surface area (Å²) >= 11 is 0. The van der Waals surface area contributed by atoms with Crippen molar-refractivity contribution in [3.05, 3.63) is 63.5 Å². The molecule has 21 heavy (non-hydrogen) atoms. The van der Waals surface area contributed by atoms with Crippen LogP contribution in [-0.2, 0) is 6.54 Å². The lowest BCUT2D eigenvalue weighted by Crippen LogP contribution is -2.24. The predicted molar refractivity (Wildman–Crippen MR) is 74.9 cm³/mol. The SMILES string of the molecule is Cc1cccnc1CNC(=O)c1cc(O)ccc1[N+](=O)[O-]. The molecule has 1 heterocycles. The Morgan fingerprint density at radius 3 is 2.86 bits per heavy atom. The molecule has 2 N–H and O–H groups in total. The number of phenols is 1. The zero-order valence-electron chi connectivity index (χ0n) is 11.2. The van der Waals surface area contributed by atoms with Crippen molar-refractivity contribution in [2.75, 3.05) is 0 Å². The number of amides is 1. The molecule has 0 aliphatic heterocycles. The summed E-state index contributed by atoms with van der Waals surface area (Å²) < 4.78 is 0. The average Bonchev–Trinajstić information content (AvgIpc) is 2.45. The van der Waals surface area contributed by atoms with Gasteiger partial charge in [0, 0.05) is 12.3 Å². The second-order valence-corrected chi connectivity index (χ2v) is 4.41. The topological polar surface area (TPSA) is 105 Å². The fourth-order valence-electron chi connectivity index (χ4n) is 1.83. The highest BCUT2D eigenvalue weighted by Gasteiger charge is 2.20. The van der Waals surface area contributed by atoms with Crippen LogP contribution in [0.4, 0.5) is 5.69 Å². The van der Waals surface area contributed by atoms with Crippen LogP contribution in [0.25, 0.3) is 0 Å². The molecular weight excluding hydrogens is 274 g/mol. The Balaban J connectivity index is 2.19. The number of aryl methyl sites for hydroxylation is 1. The summed E-state index contributed by atoms with van der Waals surface area (Å²) in [7, 11) is 0. The van der Waals surface area contributed by atoms with E-state index in [4.69, 9.17) is 0 Å². The van der Waals surface area contributed by atoms with Crippen LogP contribution in [-0.4, -0.2) is 20.9 Å². The number of aromatic hydroxyl groups is 1. The fourth-order valence-corrected chi connectivity index (χ4v) is 1.83. The molecule has 1 aromatic heterocycles. The molecule has 0 aliphatic rings. The molecule has 1 aromatic carbocycles. The molecule has 0 aliphatic carbocycles. The van der Waals surface area contributed by atoms with E-state index in [9.17, 15) is 20.0 Å². The molecule has 2 aromatic rings. The molecule has 0 unspecified atom stereocenters. The normalized spacial score (nSPS) is 10.1. The minimum atomic E-state index is -0.666. The quantitative estimate of drug-likeness (QED) is 0.660. The van der Waals surface area contributed by atoms with E-state index in [1.807, 2.05) is 13.0 Å². The van der Waals surface area contributed by atoms with Crippen LogP contribution in [0.5, 0.6) is 5.75 Å². The summed E-state index contributed by atoms with van der Waals surface area (Å²) in [6, 6.07) is 6.96. The first kappa shape index (κ1) is 14.4. The Morgan fingerprint density at radius 2 is 2.19 bits per heavy atom. The second-order valence-electron chi connectivity index (χ2n) is 4.41. The minimum Gasteiger partial charge on any atom is -0.508 e. The van der Waals surface area contributed by atoms with Crippen molar-refractivity contribution < 1.29 is 14.8 Å². The Morgan fingerprint density at radius 1 is 1.43 bits per heavy atom. The maximum Gasteiger partial charge on any atom is 0.282 e. The van der Waals surface area contributed by atoms with Gasteiger partial charge in [0.05, 0.1) is 17.2 Å². The van der Waals surface area contributed by atoms with E-state index in [1.165, 1.54) is 0 Å². The van der Waals surface area contributed by atoms with Gasteiger partial charge in [-0.15, -0.1) is 0 Å². The van der Waals surface area contributed by atoms with Crippen molar-refractivity contribution in [1.82, 2.24) is 10.3 Å². The summed E-state index contributed by atoms with van der Waals surface area (Å²) in [4.78, 5) is 26.4. The van der Waals surface area contributed by atoms with Gasteiger partial charge < -0.3 is 10.4 Å². The summed E-state index contributed by atoms with van der Waals surface area (Å²) in [5, 5.41) is 22.8. The van der Waals surface area contributed by atoms with Gasteiger partial charge in [0.1, 0.15) is 11.3 Å². The van der Waals surface area contributed by atoms with Gasteiger partial charge in [-0.1, -0.05) is 6.07 Å². The third-order valence-corrected chi connectivity index (χ3v) is 2.96. The fraction of sp³-hybridized carbons (Fsp3) is 0.143. The molecule has 0 saturated carbocycles. The zero-order chi connectivity index (χ0) is 15.4. The number of carbonyl (C=O) groups is 1. The van der Waals surface area contributed by atoms with Crippen molar-refractivity contribution in [2.24, 2.45) is 0 Å². The third kappa shape index (κ3) is 3.33. The maximum absolute atomic E-state index is 12.1. The van der Waals surface area contributed by atoms with Crippen LogP contribution in [0, 0.1) is 17.0 Å². The predicted octanol–water partition coefficient (Wildman–Crippen LogP) is 1.93. The molecule has 0 saturated heterocycles. The summed E-state index contributed by atoms with van der Waals surface area (Å²) in [6.45, 7) is 2.00. The van der Waals surface area contributed by atoms with Crippen LogP contribution < -0.4 is 5.32 Å². The summed E-state index contributed by atoms with van der Waals surface area (Å²) in [5.74, 6) is -0.845. The Kier molecular flexibility index (Phi) is 4.13. The standard InChI is InChI=1S/C14H13N3O4/c1-9-3-2-6-15-12(9)8-16-14(19)11-7-10(18)4-5-13(11)17(20)21/h2-7,18H,8H2,1H3,(H,16,19). The van der Waals surface area contributed by atoms with E-state index < -0.39 is 10.8 Å². The molecule has 0 bridgehead atoms. The number of phenolic OH excluding ortho intramolecular Hbond substituents is 1. The van der Waals surface area contributed by atoms with E-state index in [2.05, 4.69) is 10.3 Å². The number of nitrogens with zero attached hydrogens (tertiary/aromatic N) is 2. The average molecular weight is 287 g/mol. The van der Waals surface area contributed by atoms with Crippen molar-refractivity contribution in [1.29, 1.82) is 0 Å². The third-order valence-electron chi connectivity index (χ3n) is 2.96. The van der Waals surface area contributed by atoms with Crippen LogP contribution in [0.3, 0.4) is 0 Å². The number of hydrogen-bond donors (Lipinski definition) is 2. The van der Waals surface area contributed by atoms with E-state index in [1.54, 1.807) is 12.3 Å². The van der Waals surface area contributed by atoms with Crippen LogP contribution in [0.2, 0.25) is 0 Å². The number of hydrogen-bond acceptors (Lipinski definition) is 5. The van der Waals surface area contributed by atoms with Gasteiger partial charge in [0.15, 0.2) is 0 Å². The number of carbonyl (C=O) groups excluding carboxylic acids is 1. The highest BCUT2D eigenvalue weighted by Crippen LogP contribution is 2.23. The molecule has 1 amide bonds. The van der Waals surface area contributed by atoms with Crippen LogP contribution in [0.15, 0.2) is 36.5 Å². The first-order valence-corrected chi connectivity index (χ1v) is 6.15. The number of nitro benzene ring substituents is 1. The zero-order valence-corrected chi connectivity index (χ0v) is 11.2. The maximum atomic E-state index is 12.1. The number of rotatable bonds is 4. The van der Waals surface area contributed by atoms with Crippen molar-refractivity contribution in [3.8, 4) is 5.75 Å². The van der Waals surface area contributed by atoms with Gasteiger partial charge in [-0.25, -0.2) is 0 Å². The number of nitro groups is 1. The first-order chi connectivity index (χ1) is 9.99. The van der Waals surface area contributed by atoms with Gasteiger partial charge in [0.25, 0.3) is 11.6 Å². The lowest BCUT2D eigenvalue weighted by Gasteiger charge is -2.07. The number of aromatic nitrogens is 1. The Bertz CT molecular complexity index is 700. The van der Waals surface area contributed by atoms with Gasteiger partial charge in [-0.3, -0.25) is 19.9 Å². The van der Waals surface area contributed by atoms with Crippen molar-refractivity contribution in [2.45, 2.75) is 13.5 Å². The Hall–Kier alpha value is -2.96. The molecule has 2 rings (SSSR count). The molecule has 0 fully saturated rings. The minimum absolute atomic E-state index is 0.151. The lowest BCUT2D eigenvalue weighted by atomic mass is 10.1. The molecule has 0 spiro atoms. The van der Waals surface area contributed by atoms with Gasteiger partial charge in [-0.2, -0.15) is 0 Å². The molecular formula is C14H13N3O4. The number of nitrogens with one attached hydrogen (secondary N) is 1. The highest BCUT2D eigenvalue weighted by molar-refractivity contribution is 5.98. The molecule has 0 radical (unpaired) electrons. The van der Waals surface area contributed by atoms with E-state index >= 15 is 0 Å². The van der Waals surface area contributed by atoms with E-state index in [-0.39, 0.29) is 23.5 Å². The van der Waals surface area contributed by atoms with E-state index in [0.717, 1.165) is 23.8 Å². The lowest BCUT2D eigenvalue weighted by molar-refractivity contribution is -0.385. The van der Waals surface area contributed by atoms with Gasteiger partial charge in [-0.05, 0) is 30.7 Å². The summed E-state index contributed by atoms with van der Waals surface area (Å²) in [6.07, 6.45) is 1.60. The number of pyridine rings is 1. The second kappa shape index (κ2) is 6.00. The number of benzene rings is 1. The van der Waals surface area contributed by atoms with Crippen LogP contribution in [0.1, 0.15) is 21.6 Å². The monoisotopic (exact) mass is 287 g/mol. The highest BCUT2D eigenvalue weighted by atomic mass is 16.6. The molecule has 108 valence electrons. The van der Waals surface area contributed by atoms with Crippen molar-refractivity contribution in [3.63, 3.8) is 0 Å². The first-order valence-electron chi connectivity index (χ1n) is 6.15.